The first kappa shape index (κ1) is 13.1. The summed E-state index contributed by atoms with van der Waals surface area (Å²) in [7, 11) is 1.37. The number of nitro benzene ring substituents is 1. The molecule has 1 aliphatic rings. The Labute approximate surface area is 110 Å². The minimum absolute atomic E-state index is 0.158. The number of ether oxygens (including phenoxy) is 2. The van der Waals surface area contributed by atoms with Gasteiger partial charge in [-0.1, -0.05) is 0 Å². The van der Waals surface area contributed by atoms with E-state index in [0.29, 0.717) is 32.0 Å². The number of morpholine rings is 1. The fourth-order valence-electron chi connectivity index (χ4n) is 2.02. The molecular formula is C12H13N3O4. The van der Waals surface area contributed by atoms with Gasteiger partial charge in [-0.25, -0.2) is 0 Å². The Morgan fingerprint density at radius 1 is 1.47 bits per heavy atom. The highest BCUT2D eigenvalue weighted by molar-refractivity contribution is 5.68. The third kappa shape index (κ3) is 2.58. The lowest BCUT2D eigenvalue weighted by Gasteiger charge is -2.29. The van der Waals surface area contributed by atoms with E-state index in [1.54, 1.807) is 6.07 Å². The summed E-state index contributed by atoms with van der Waals surface area (Å²) < 4.78 is 10.3. The maximum absolute atomic E-state index is 10.9. The highest BCUT2D eigenvalue weighted by Gasteiger charge is 2.22. The normalized spacial score (nSPS) is 14.8. The molecule has 2 rings (SSSR count). The van der Waals surface area contributed by atoms with Crippen molar-refractivity contribution < 1.29 is 14.4 Å². The fourth-order valence-corrected chi connectivity index (χ4v) is 2.02. The molecule has 1 aromatic rings. The Morgan fingerprint density at radius 2 is 2.16 bits per heavy atom. The molecule has 1 saturated heterocycles. The molecule has 100 valence electrons. The molecule has 0 atom stereocenters. The predicted octanol–water partition coefficient (Wildman–Crippen LogP) is 1.31. The second kappa shape index (κ2) is 5.54. The molecule has 0 saturated carbocycles. The van der Waals surface area contributed by atoms with E-state index >= 15 is 0 Å². The van der Waals surface area contributed by atoms with Crippen LogP contribution in [0.2, 0.25) is 0 Å². The SMILES string of the molecule is COc1cc(N2CCOCC2)c(C#N)cc1[N+](=O)[O-]. The minimum atomic E-state index is -0.553. The molecule has 0 amide bonds. The lowest BCUT2D eigenvalue weighted by atomic mass is 10.1. The van der Waals surface area contributed by atoms with Crippen molar-refractivity contribution in [3.63, 3.8) is 0 Å². The first-order chi connectivity index (χ1) is 9.17. The molecule has 7 heteroatoms. The lowest BCUT2D eigenvalue weighted by molar-refractivity contribution is -0.385. The van der Waals surface area contributed by atoms with E-state index in [4.69, 9.17) is 14.7 Å². The van der Waals surface area contributed by atoms with Gasteiger partial charge in [0.15, 0.2) is 5.75 Å². The van der Waals surface area contributed by atoms with Crippen LogP contribution in [0.15, 0.2) is 12.1 Å². The largest absolute Gasteiger partial charge is 0.490 e. The van der Waals surface area contributed by atoms with Gasteiger partial charge in [-0.05, 0) is 0 Å². The zero-order valence-electron chi connectivity index (χ0n) is 10.5. The Balaban J connectivity index is 2.48. The van der Waals surface area contributed by atoms with Gasteiger partial charge in [-0.2, -0.15) is 5.26 Å². The average Bonchev–Trinajstić information content (AvgIpc) is 2.46. The van der Waals surface area contributed by atoms with Crippen molar-refractivity contribution in [3.05, 3.63) is 27.8 Å². The molecule has 0 aromatic heterocycles. The van der Waals surface area contributed by atoms with Crippen molar-refractivity contribution in [2.45, 2.75) is 0 Å². The van der Waals surface area contributed by atoms with Gasteiger partial charge in [0.2, 0.25) is 0 Å². The summed E-state index contributed by atoms with van der Waals surface area (Å²) in [5, 5.41) is 20.1. The lowest BCUT2D eigenvalue weighted by Crippen LogP contribution is -2.36. The first-order valence-corrected chi connectivity index (χ1v) is 5.76. The molecule has 19 heavy (non-hydrogen) atoms. The summed E-state index contributed by atoms with van der Waals surface area (Å²) in [5.41, 5.74) is 0.721. The highest BCUT2D eigenvalue weighted by Crippen LogP contribution is 2.34. The Bertz CT molecular complexity index is 533. The average molecular weight is 263 g/mol. The van der Waals surface area contributed by atoms with Crippen LogP contribution in [-0.2, 0) is 4.74 Å². The van der Waals surface area contributed by atoms with Crippen LogP contribution in [0.1, 0.15) is 5.56 Å². The van der Waals surface area contributed by atoms with Crippen LogP contribution in [0, 0.1) is 21.4 Å². The van der Waals surface area contributed by atoms with Gasteiger partial charge >= 0.3 is 5.69 Å². The molecule has 1 aromatic carbocycles. The quantitative estimate of drug-likeness (QED) is 0.603. The number of anilines is 1. The van der Waals surface area contributed by atoms with E-state index in [2.05, 4.69) is 0 Å². The number of nitrogens with zero attached hydrogens (tertiary/aromatic N) is 3. The van der Waals surface area contributed by atoms with E-state index in [-0.39, 0.29) is 17.0 Å². The number of hydrogen-bond donors (Lipinski definition) is 0. The molecular weight excluding hydrogens is 250 g/mol. The molecule has 0 spiro atoms. The van der Waals surface area contributed by atoms with Gasteiger partial charge in [0.25, 0.3) is 0 Å². The van der Waals surface area contributed by atoms with Crippen molar-refractivity contribution >= 4 is 11.4 Å². The van der Waals surface area contributed by atoms with Crippen LogP contribution in [0.25, 0.3) is 0 Å². The standard InChI is InChI=1S/C12H13N3O4/c1-18-12-7-10(14-2-4-19-5-3-14)9(8-13)6-11(12)15(16)17/h6-7H,2-5H2,1H3. The van der Waals surface area contributed by atoms with Crippen molar-refractivity contribution in [2.24, 2.45) is 0 Å². The topological polar surface area (TPSA) is 88.6 Å². The van der Waals surface area contributed by atoms with E-state index in [9.17, 15) is 10.1 Å². The number of nitro groups is 1. The number of hydrogen-bond acceptors (Lipinski definition) is 6. The molecule has 0 aliphatic carbocycles. The third-order valence-corrected chi connectivity index (χ3v) is 2.97. The predicted molar refractivity (Wildman–Crippen MR) is 67.4 cm³/mol. The maximum atomic E-state index is 10.9. The van der Waals surface area contributed by atoms with E-state index < -0.39 is 4.92 Å². The van der Waals surface area contributed by atoms with Crippen molar-refractivity contribution in [2.75, 3.05) is 38.3 Å². The second-order valence-electron chi connectivity index (χ2n) is 4.01. The van der Waals surface area contributed by atoms with Gasteiger partial charge < -0.3 is 14.4 Å². The summed E-state index contributed by atoms with van der Waals surface area (Å²) in [6.07, 6.45) is 0. The van der Waals surface area contributed by atoms with E-state index in [0.717, 1.165) is 0 Å². The van der Waals surface area contributed by atoms with Gasteiger partial charge in [-0.15, -0.1) is 0 Å². The van der Waals surface area contributed by atoms with E-state index in [1.807, 2.05) is 11.0 Å². The van der Waals surface area contributed by atoms with Crippen molar-refractivity contribution in [3.8, 4) is 11.8 Å². The molecule has 1 heterocycles. The number of methoxy groups -OCH3 is 1. The van der Waals surface area contributed by atoms with Gasteiger partial charge in [-0.3, -0.25) is 10.1 Å². The fraction of sp³-hybridized carbons (Fsp3) is 0.417. The van der Waals surface area contributed by atoms with Crippen LogP contribution in [0.3, 0.4) is 0 Å². The van der Waals surface area contributed by atoms with Crippen LogP contribution < -0.4 is 9.64 Å². The van der Waals surface area contributed by atoms with Gasteiger partial charge in [0, 0.05) is 25.2 Å². The number of nitriles is 1. The first-order valence-electron chi connectivity index (χ1n) is 5.76. The summed E-state index contributed by atoms with van der Waals surface area (Å²) in [5.74, 6) is 0.158. The zero-order valence-corrected chi connectivity index (χ0v) is 10.5. The molecule has 0 N–H and O–H groups in total. The Kier molecular flexibility index (Phi) is 3.82. The minimum Gasteiger partial charge on any atom is -0.490 e. The Hall–Kier alpha value is -2.33. The monoisotopic (exact) mass is 263 g/mol. The summed E-state index contributed by atoms with van der Waals surface area (Å²) in [6, 6.07) is 4.79. The number of rotatable bonds is 3. The number of benzene rings is 1. The summed E-state index contributed by atoms with van der Waals surface area (Å²) in [4.78, 5) is 12.3. The van der Waals surface area contributed by atoms with E-state index in [1.165, 1.54) is 13.2 Å². The molecule has 7 nitrogen and oxygen atoms in total. The molecule has 1 fully saturated rings. The van der Waals surface area contributed by atoms with Crippen molar-refractivity contribution in [1.29, 1.82) is 5.26 Å². The maximum Gasteiger partial charge on any atom is 0.312 e. The smallest absolute Gasteiger partial charge is 0.312 e. The van der Waals surface area contributed by atoms with Crippen LogP contribution in [0.5, 0.6) is 5.75 Å². The van der Waals surface area contributed by atoms with Gasteiger partial charge in [0.1, 0.15) is 6.07 Å². The zero-order chi connectivity index (χ0) is 13.8. The third-order valence-electron chi connectivity index (χ3n) is 2.97. The molecule has 0 radical (unpaired) electrons. The summed E-state index contributed by atoms with van der Waals surface area (Å²) >= 11 is 0. The Morgan fingerprint density at radius 3 is 2.68 bits per heavy atom. The van der Waals surface area contributed by atoms with Gasteiger partial charge in [0.05, 0.1) is 36.5 Å². The molecule has 0 bridgehead atoms. The molecule has 1 aliphatic heterocycles. The summed E-state index contributed by atoms with van der Waals surface area (Å²) in [6.45, 7) is 2.44. The second-order valence-corrected chi connectivity index (χ2v) is 4.01. The van der Waals surface area contributed by atoms with Crippen molar-refractivity contribution in [1.82, 2.24) is 0 Å². The molecule has 0 unspecified atom stereocenters. The van der Waals surface area contributed by atoms with Crippen LogP contribution in [0.4, 0.5) is 11.4 Å². The van der Waals surface area contributed by atoms with Crippen LogP contribution >= 0.6 is 0 Å². The van der Waals surface area contributed by atoms with Crippen LogP contribution in [-0.4, -0.2) is 38.3 Å². The highest BCUT2D eigenvalue weighted by atomic mass is 16.6.